The topological polar surface area (TPSA) is 28.4 Å². The maximum Gasteiger partial charge on any atom is 0.0515 e. The molecule has 1 aromatic heterocycles. The summed E-state index contributed by atoms with van der Waals surface area (Å²) < 4.78 is 2.34. The number of hydrogen-bond donors (Lipinski definition) is 1. The van der Waals surface area contributed by atoms with Gasteiger partial charge in [0.25, 0.3) is 0 Å². The van der Waals surface area contributed by atoms with Crippen LogP contribution in [0.25, 0.3) is 10.9 Å². The largest absolute Gasteiger partial charge is 0.393 e. The normalized spacial score (nSPS) is 16.8. The van der Waals surface area contributed by atoms with Gasteiger partial charge in [0.2, 0.25) is 0 Å². The number of aryl methyl sites for hydroxylation is 2. The summed E-state index contributed by atoms with van der Waals surface area (Å²) in [7, 11) is 2.17. The molecule has 1 atom stereocenters. The highest BCUT2D eigenvalue weighted by atomic mass is 16.3. The van der Waals surface area contributed by atoms with Crippen LogP contribution in [0.1, 0.15) is 37.0 Å². The zero-order chi connectivity index (χ0) is 14.3. The Bertz CT molecular complexity index is 627. The van der Waals surface area contributed by atoms with Crippen LogP contribution in [0, 0.1) is 0 Å². The van der Waals surface area contributed by atoms with E-state index in [0.29, 0.717) is 0 Å². The van der Waals surface area contributed by atoms with Gasteiger partial charge in [-0.05, 0) is 62.6 Å². The number of aromatic nitrogens is 1. The Balaban J connectivity index is 2.05. The number of nitrogens with zero attached hydrogens (tertiary/aromatic N) is 2. The minimum atomic E-state index is -0.226. The lowest BCUT2D eigenvalue weighted by atomic mass is 10.0. The molecule has 20 heavy (non-hydrogen) atoms. The van der Waals surface area contributed by atoms with Crippen LogP contribution in [0.5, 0.6) is 0 Å². The molecule has 1 aliphatic rings. The van der Waals surface area contributed by atoms with E-state index in [1.807, 2.05) is 6.92 Å². The van der Waals surface area contributed by atoms with Gasteiger partial charge in [-0.15, -0.1) is 0 Å². The Kier molecular flexibility index (Phi) is 3.57. The molecular formula is C17H24N2O. The third-order valence-electron chi connectivity index (χ3n) is 4.34. The first-order chi connectivity index (χ1) is 9.58. The minimum Gasteiger partial charge on any atom is -0.393 e. The van der Waals surface area contributed by atoms with Crippen LogP contribution in [0.2, 0.25) is 0 Å². The van der Waals surface area contributed by atoms with Gasteiger partial charge in [0.1, 0.15) is 0 Å². The highest BCUT2D eigenvalue weighted by Gasteiger charge is 2.19. The van der Waals surface area contributed by atoms with E-state index in [1.165, 1.54) is 27.6 Å². The van der Waals surface area contributed by atoms with Gasteiger partial charge in [-0.2, -0.15) is 0 Å². The number of benzene rings is 1. The summed E-state index contributed by atoms with van der Waals surface area (Å²) in [6.07, 6.45) is 3.83. The zero-order valence-corrected chi connectivity index (χ0v) is 12.7. The van der Waals surface area contributed by atoms with Gasteiger partial charge in [0, 0.05) is 36.7 Å². The second kappa shape index (κ2) is 5.23. The number of fused-ring (bicyclic) bond motifs is 2. The molecule has 0 amide bonds. The van der Waals surface area contributed by atoms with Gasteiger partial charge in [-0.25, -0.2) is 0 Å². The Morgan fingerprint density at radius 2 is 1.95 bits per heavy atom. The monoisotopic (exact) mass is 272 g/mol. The van der Waals surface area contributed by atoms with Crippen LogP contribution in [0.15, 0.2) is 18.3 Å². The zero-order valence-electron chi connectivity index (χ0n) is 12.7. The van der Waals surface area contributed by atoms with Crippen molar-refractivity contribution in [1.82, 2.24) is 9.47 Å². The lowest BCUT2D eigenvalue weighted by Gasteiger charge is -2.04. The smallest absolute Gasteiger partial charge is 0.0515 e. The first kappa shape index (κ1) is 13.7. The Hall–Kier alpha value is -1.32. The molecule has 0 aliphatic carbocycles. The summed E-state index contributed by atoms with van der Waals surface area (Å²) >= 11 is 0. The van der Waals surface area contributed by atoms with Gasteiger partial charge in [0.15, 0.2) is 0 Å². The van der Waals surface area contributed by atoms with E-state index in [9.17, 15) is 5.11 Å². The number of aliphatic hydroxyl groups excluding tert-OH is 1. The summed E-state index contributed by atoms with van der Waals surface area (Å²) in [6.45, 7) is 7.17. The molecule has 1 unspecified atom stereocenters. The molecule has 2 aromatic rings. The van der Waals surface area contributed by atoms with Crippen molar-refractivity contribution in [2.24, 2.45) is 0 Å². The van der Waals surface area contributed by atoms with Gasteiger partial charge in [-0.3, -0.25) is 4.90 Å². The van der Waals surface area contributed by atoms with Crippen molar-refractivity contribution in [2.75, 3.05) is 7.05 Å². The fraction of sp³-hybridized carbons (Fsp3) is 0.529. The summed E-state index contributed by atoms with van der Waals surface area (Å²) in [6, 6.07) is 4.74. The van der Waals surface area contributed by atoms with E-state index in [4.69, 9.17) is 0 Å². The van der Waals surface area contributed by atoms with Crippen molar-refractivity contribution < 1.29 is 5.11 Å². The summed E-state index contributed by atoms with van der Waals surface area (Å²) in [5, 5.41) is 10.9. The Morgan fingerprint density at radius 3 is 2.60 bits per heavy atom. The SMILES string of the molecule is CCn1cc(CCC(C)O)c2cc3c(cc21)CN(C)C3. The summed E-state index contributed by atoms with van der Waals surface area (Å²) in [5.41, 5.74) is 5.66. The lowest BCUT2D eigenvalue weighted by molar-refractivity contribution is 0.185. The second-order valence-corrected chi connectivity index (χ2v) is 6.14. The molecule has 2 heterocycles. The number of hydrogen-bond acceptors (Lipinski definition) is 2. The maximum atomic E-state index is 9.53. The molecule has 0 fully saturated rings. The second-order valence-electron chi connectivity index (χ2n) is 6.14. The van der Waals surface area contributed by atoms with Gasteiger partial charge < -0.3 is 9.67 Å². The van der Waals surface area contributed by atoms with Gasteiger partial charge in [-0.1, -0.05) is 0 Å². The van der Waals surface area contributed by atoms with Crippen LogP contribution < -0.4 is 0 Å². The van der Waals surface area contributed by atoms with Crippen LogP contribution in [-0.2, 0) is 26.1 Å². The standard InChI is InChI=1S/C17H24N2O/c1-4-19-11-13(6-5-12(2)20)16-7-14-9-18(3)10-15(14)8-17(16)19/h7-8,11-12,20H,4-6,9-10H2,1-3H3. The third kappa shape index (κ3) is 2.36. The van der Waals surface area contributed by atoms with E-state index in [0.717, 1.165) is 32.5 Å². The lowest BCUT2D eigenvalue weighted by Crippen LogP contribution is -2.07. The Morgan fingerprint density at radius 1 is 1.25 bits per heavy atom. The molecule has 1 aliphatic heterocycles. The molecule has 0 radical (unpaired) electrons. The van der Waals surface area contributed by atoms with E-state index in [1.54, 1.807) is 0 Å². The molecule has 3 heteroatoms. The van der Waals surface area contributed by atoms with E-state index in [-0.39, 0.29) is 6.10 Å². The Labute approximate surface area is 120 Å². The molecule has 0 saturated heterocycles. The molecule has 0 bridgehead atoms. The van der Waals surface area contributed by atoms with Crippen LogP contribution >= 0.6 is 0 Å². The average molecular weight is 272 g/mol. The molecule has 0 spiro atoms. The van der Waals surface area contributed by atoms with Crippen molar-refractivity contribution in [2.45, 2.75) is 52.4 Å². The van der Waals surface area contributed by atoms with Crippen LogP contribution in [-0.4, -0.2) is 27.7 Å². The van der Waals surface area contributed by atoms with Crippen LogP contribution in [0.3, 0.4) is 0 Å². The molecule has 0 saturated carbocycles. The average Bonchev–Trinajstić information content (AvgIpc) is 2.92. The first-order valence-corrected chi connectivity index (χ1v) is 7.58. The molecule has 3 nitrogen and oxygen atoms in total. The van der Waals surface area contributed by atoms with E-state index >= 15 is 0 Å². The predicted octanol–water partition coefficient (Wildman–Crippen LogP) is 2.92. The number of aliphatic hydroxyl groups is 1. The van der Waals surface area contributed by atoms with E-state index < -0.39 is 0 Å². The highest BCUT2D eigenvalue weighted by molar-refractivity contribution is 5.86. The number of rotatable bonds is 4. The fourth-order valence-corrected chi connectivity index (χ4v) is 3.26. The summed E-state index contributed by atoms with van der Waals surface area (Å²) in [5.74, 6) is 0. The highest BCUT2D eigenvalue weighted by Crippen LogP contribution is 2.30. The molecule has 3 rings (SSSR count). The fourth-order valence-electron chi connectivity index (χ4n) is 3.26. The summed E-state index contributed by atoms with van der Waals surface area (Å²) in [4.78, 5) is 2.36. The first-order valence-electron chi connectivity index (χ1n) is 7.58. The van der Waals surface area contributed by atoms with Crippen LogP contribution in [0.4, 0.5) is 0 Å². The maximum absolute atomic E-state index is 9.53. The molecule has 1 N–H and O–H groups in total. The van der Waals surface area contributed by atoms with Crippen molar-refractivity contribution in [3.05, 3.63) is 35.0 Å². The van der Waals surface area contributed by atoms with E-state index in [2.05, 4.69) is 41.8 Å². The molecule has 108 valence electrons. The van der Waals surface area contributed by atoms with Gasteiger partial charge in [0.05, 0.1) is 6.10 Å². The van der Waals surface area contributed by atoms with Gasteiger partial charge >= 0.3 is 0 Å². The molecular weight excluding hydrogens is 248 g/mol. The van der Waals surface area contributed by atoms with Crippen molar-refractivity contribution in [3.8, 4) is 0 Å². The molecule has 1 aromatic carbocycles. The van der Waals surface area contributed by atoms with Crippen molar-refractivity contribution in [3.63, 3.8) is 0 Å². The quantitative estimate of drug-likeness (QED) is 0.927. The predicted molar refractivity (Wildman–Crippen MR) is 82.8 cm³/mol. The van der Waals surface area contributed by atoms with Crippen molar-refractivity contribution in [1.29, 1.82) is 0 Å². The third-order valence-corrected chi connectivity index (χ3v) is 4.34. The minimum absolute atomic E-state index is 0.226. The van der Waals surface area contributed by atoms with Crippen molar-refractivity contribution >= 4 is 10.9 Å².